The van der Waals surface area contributed by atoms with Gasteiger partial charge in [0.2, 0.25) is 5.91 Å². The summed E-state index contributed by atoms with van der Waals surface area (Å²) >= 11 is 0. The standard InChI is InChI=1S/C18H24N4O2/c1-15(23)19-8-6-18-14-21(10-11-24-18)13-16-4-2-5-17(12-16)22-9-3-7-20-22/h2-5,7,9,12,18H,6,8,10-11,13-14H2,1H3,(H,19,23)/t18-/m1/s1. The molecule has 128 valence electrons. The predicted octanol–water partition coefficient (Wildman–Crippen LogP) is 1.60. The summed E-state index contributed by atoms with van der Waals surface area (Å²) in [5, 5.41) is 7.12. The zero-order chi connectivity index (χ0) is 16.8. The lowest BCUT2D eigenvalue weighted by molar-refractivity contribution is -0.119. The number of hydrogen-bond acceptors (Lipinski definition) is 4. The minimum Gasteiger partial charge on any atom is -0.375 e. The summed E-state index contributed by atoms with van der Waals surface area (Å²) in [7, 11) is 0. The van der Waals surface area contributed by atoms with Gasteiger partial charge in [-0.15, -0.1) is 0 Å². The Morgan fingerprint density at radius 2 is 2.33 bits per heavy atom. The van der Waals surface area contributed by atoms with Gasteiger partial charge in [-0.05, 0) is 30.2 Å². The van der Waals surface area contributed by atoms with Gasteiger partial charge < -0.3 is 10.1 Å². The van der Waals surface area contributed by atoms with Crippen molar-refractivity contribution in [3.05, 3.63) is 48.3 Å². The molecule has 1 amide bonds. The van der Waals surface area contributed by atoms with Crippen LogP contribution in [-0.2, 0) is 16.1 Å². The first-order valence-corrected chi connectivity index (χ1v) is 8.38. The van der Waals surface area contributed by atoms with Crippen LogP contribution in [0.25, 0.3) is 5.69 Å². The van der Waals surface area contributed by atoms with Gasteiger partial charge in [0.05, 0.1) is 18.4 Å². The quantitative estimate of drug-likeness (QED) is 0.875. The SMILES string of the molecule is CC(=O)NCC[C@@H]1CN(Cc2cccc(-n3cccn3)c2)CCO1. The monoisotopic (exact) mass is 328 g/mol. The number of hydrogen-bond donors (Lipinski definition) is 1. The van der Waals surface area contributed by atoms with E-state index in [4.69, 9.17) is 4.74 Å². The van der Waals surface area contributed by atoms with Gasteiger partial charge >= 0.3 is 0 Å². The van der Waals surface area contributed by atoms with Crippen LogP contribution in [0, 0.1) is 0 Å². The van der Waals surface area contributed by atoms with Gasteiger partial charge in [0.15, 0.2) is 0 Å². The van der Waals surface area contributed by atoms with E-state index >= 15 is 0 Å². The average Bonchev–Trinajstić information content (AvgIpc) is 3.10. The topological polar surface area (TPSA) is 59.4 Å². The third kappa shape index (κ3) is 4.66. The lowest BCUT2D eigenvalue weighted by Crippen LogP contribution is -2.43. The highest BCUT2D eigenvalue weighted by Crippen LogP contribution is 2.15. The molecule has 1 aliphatic heterocycles. The van der Waals surface area contributed by atoms with Gasteiger partial charge in [-0.1, -0.05) is 12.1 Å². The van der Waals surface area contributed by atoms with Crippen LogP contribution in [0.5, 0.6) is 0 Å². The molecule has 6 nitrogen and oxygen atoms in total. The maximum atomic E-state index is 11.0. The first-order valence-electron chi connectivity index (χ1n) is 8.38. The van der Waals surface area contributed by atoms with E-state index < -0.39 is 0 Å². The minimum absolute atomic E-state index is 0.0121. The van der Waals surface area contributed by atoms with Crippen LogP contribution in [0.2, 0.25) is 0 Å². The molecule has 1 N–H and O–H groups in total. The maximum Gasteiger partial charge on any atom is 0.216 e. The Balaban J connectivity index is 1.55. The fourth-order valence-corrected chi connectivity index (χ4v) is 2.98. The van der Waals surface area contributed by atoms with Crippen molar-refractivity contribution in [2.75, 3.05) is 26.2 Å². The van der Waals surface area contributed by atoms with Gasteiger partial charge in [0, 0.05) is 45.5 Å². The molecule has 0 aliphatic carbocycles. The molecule has 0 bridgehead atoms. The summed E-state index contributed by atoms with van der Waals surface area (Å²) < 4.78 is 7.68. The lowest BCUT2D eigenvalue weighted by atomic mass is 10.1. The molecule has 2 heterocycles. The van der Waals surface area contributed by atoms with Crippen molar-refractivity contribution >= 4 is 5.91 Å². The molecule has 24 heavy (non-hydrogen) atoms. The first kappa shape index (κ1) is 16.7. The van der Waals surface area contributed by atoms with Crippen LogP contribution in [0.3, 0.4) is 0 Å². The van der Waals surface area contributed by atoms with Crippen LogP contribution in [-0.4, -0.2) is 52.9 Å². The Labute approximate surface area is 142 Å². The molecule has 0 unspecified atom stereocenters. The highest BCUT2D eigenvalue weighted by atomic mass is 16.5. The fourth-order valence-electron chi connectivity index (χ4n) is 2.98. The summed E-state index contributed by atoms with van der Waals surface area (Å²) in [5.74, 6) is 0.0121. The molecule has 2 aromatic rings. The van der Waals surface area contributed by atoms with E-state index in [1.807, 2.05) is 16.9 Å². The number of carbonyl (C=O) groups excluding carboxylic acids is 1. The number of nitrogens with zero attached hydrogens (tertiary/aromatic N) is 3. The van der Waals surface area contributed by atoms with Gasteiger partial charge in [-0.25, -0.2) is 4.68 Å². The average molecular weight is 328 g/mol. The summed E-state index contributed by atoms with van der Waals surface area (Å²) in [5.41, 5.74) is 2.35. The number of ether oxygens (including phenoxy) is 1. The largest absolute Gasteiger partial charge is 0.375 e. The molecule has 1 aliphatic rings. The molecule has 0 saturated carbocycles. The molecule has 0 radical (unpaired) electrons. The Hall–Kier alpha value is -2.18. The Bertz CT molecular complexity index is 657. The lowest BCUT2D eigenvalue weighted by Gasteiger charge is -2.33. The molecule has 1 atom stereocenters. The van der Waals surface area contributed by atoms with Crippen molar-refractivity contribution in [2.24, 2.45) is 0 Å². The number of amides is 1. The summed E-state index contributed by atoms with van der Waals surface area (Å²) in [6, 6.07) is 10.4. The van der Waals surface area contributed by atoms with Crippen molar-refractivity contribution in [3.8, 4) is 5.69 Å². The van der Waals surface area contributed by atoms with Crippen LogP contribution in [0.15, 0.2) is 42.7 Å². The van der Waals surface area contributed by atoms with Crippen molar-refractivity contribution in [1.82, 2.24) is 20.0 Å². The van der Waals surface area contributed by atoms with Gasteiger partial charge in [-0.3, -0.25) is 9.69 Å². The van der Waals surface area contributed by atoms with Crippen molar-refractivity contribution < 1.29 is 9.53 Å². The maximum absolute atomic E-state index is 11.0. The first-order chi connectivity index (χ1) is 11.7. The Kier molecular flexibility index (Phi) is 5.61. The van der Waals surface area contributed by atoms with Crippen LogP contribution in [0.1, 0.15) is 18.9 Å². The second kappa shape index (κ2) is 8.08. The third-order valence-electron chi connectivity index (χ3n) is 4.15. The second-order valence-corrected chi connectivity index (χ2v) is 6.12. The predicted molar refractivity (Wildman–Crippen MR) is 91.9 cm³/mol. The van der Waals surface area contributed by atoms with Crippen LogP contribution < -0.4 is 5.32 Å². The molecular formula is C18H24N4O2. The van der Waals surface area contributed by atoms with E-state index in [-0.39, 0.29) is 12.0 Å². The van der Waals surface area contributed by atoms with Crippen molar-refractivity contribution in [2.45, 2.75) is 26.0 Å². The zero-order valence-corrected chi connectivity index (χ0v) is 14.0. The van der Waals surface area contributed by atoms with Gasteiger partial charge in [-0.2, -0.15) is 5.10 Å². The summed E-state index contributed by atoms with van der Waals surface area (Å²) in [6.07, 6.45) is 4.77. The van der Waals surface area contributed by atoms with Crippen molar-refractivity contribution in [3.63, 3.8) is 0 Å². The van der Waals surface area contributed by atoms with E-state index in [0.29, 0.717) is 6.54 Å². The fraction of sp³-hybridized carbons (Fsp3) is 0.444. The number of morpholine rings is 1. The van der Waals surface area contributed by atoms with E-state index in [1.165, 1.54) is 5.56 Å². The van der Waals surface area contributed by atoms with Crippen molar-refractivity contribution in [1.29, 1.82) is 0 Å². The minimum atomic E-state index is 0.0121. The molecule has 3 rings (SSSR count). The summed E-state index contributed by atoms with van der Waals surface area (Å²) in [4.78, 5) is 13.4. The Morgan fingerprint density at radius 3 is 3.12 bits per heavy atom. The van der Waals surface area contributed by atoms with E-state index in [0.717, 1.165) is 38.3 Å². The number of benzene rings is 1. The van der Waals surface area contributed by atoms with Gasteiger partial charge in [0.1, 0.15) is 0 Å². The van der Waals surface area contributed by atoms with E-state index in [9.17, 15) is 4.79 Å². The van der Waals surface area contributed by atoms with Crippen LogP contribution >= 0.6 is 0 Å². The molecule has 6 heteroatoms. The van der Waals surface area contributed by atoms with E-state index in [1.54, 1.807) is 13.1 Å². The van der Waals surface area contributed by atoms with Gasteiger partial charge in [0.25, 0.3) is 0 Å². The molecule has 1 aromatic carbocycles. The molecule has 1 fully saturated rings. The number of carbonyl (C=O) groups is 1. The summed E-state index contributed by atoms with van der Waals surface area (Å²) in [6.45, 7) is 5.68. The third-order valence-corrected chi connectivity index (χ3v) is 4.15. The van der Waals surface area contributed by atoms with E-state index in [2.05, 4.69) is 39.6 Å². The molecule has 1 saturated heterocycles. The second-order valence-electron chi connectivity index (χ2n) is 6.12. The number of aromatic nitrogens is 2. The Morgan fingerprint density at radius 1 is 1.42 bits per heavy atom. The molecule has 0 spiro atoms. The normalized spacial score (nSPS) is 18.5. The molecular weight excluding hydrogens is 304 g/mol. The smallest absolute Gasteiger partial charge is 0.216 e. The highest BCUT2D eigenvalue weighted by Gasteiger charge is 2.20. The highest BCUT2D eigenvalue weighted by molar-refractivity contribution is 5.72. The van der Waals surface area contributed by atoms with Crippen LogP contribution in [0.4, 0.5) is 0 Å². The molecule has 1 aromatic heterocycles. The zero-order valence-electron chi connectivity index (χ0n) is 14.0. The number of nitrogens with one attached hydrogen (secondary N) is 1. The number of rotatable bonds is 6.